The number of hydrogen-bond acceptors (Lipinski definition) is 4. The Labute approximate surface area is 124 Å². The minimum absolute atomic E-state index is 0.252. The summed E-state index contributed by atoms with van der Waals surface area (Å²) in [6.07, 6.45) is 0.0927. The molecular formula is C14H21O6P. The molecule has 0 aliphatic carbocycles. The van der Waals surface area contributed by atoms with Crippen LogP contribution in [0.1, 0.15) is 32.3 Å². The molecule has 118 valence electrons. The van der Waals surface area contributed by atoms with E-state index in [0.29, 0.717) is 6.42 Å². The first-order chi connectivity index (χ1) is 9.78. The van der Waals surface area contributed by atoms with Crippen molar-refractivity contribution in [2.24, 2.45) is 0 Å². The Hall–Kier alpha value is -1.20. The van der Waals surface area contributed by atoms with Crippen LogP contribution in [0.15, 0.2) is 30.3 Å². The molecule has 0 saturated carbocycles. The number of aryl methyl sites for hydroxylation is 1. The summed E-state index contributed by atoms with van der Waals surface area (Å²) in [5.74, 6) is -0.403. The summed E-state index contributed by atoms with van der Waals surface area (Å²) in [4.78, 5) is 29.0. The number of carbonyl (C=O) groups is 1. The molecule has 0 aliphatic rings. The number of rotatable bonds is 8. The van der Waals surface area contributed by atoms with Crippen molar-refractivity contribution in [2.75, 3.05) is 0 Å². The van der Waals surface area contributed by atoms with Crippen LogP contribution in [0.2, 0.25) is 0 Å². The van der Waals surface area contributed by atoms with Gasteiger partial charge < -0.3 is 14.5 Å². The number of esters is 1. The predicted molar refractivity (Wildman–Crippen MR) is 77.5 cm³/mol. The van der Waals surface area contributed by atoms with Gasteiger partial charge in [0.15, 0.2) is 0 Å². The van der Waals surface area contributed by atoms with Crippen molar-refractivity contribution < 1.29 is 28.4 Å². The lowest BCUT2D eigenvalue weighted by atomic mass is 10.1. The van der Waals surface area contributed by atoms with Crippen LogP contribution in [0.4, 0.5) is 0 Å². The Morgan fingerprint density at radius 2 is 1.81 bits per heavy atom. The number of benzene rings is 1. The first kappa shape index (κ1) is 17.9. The smallest absolute Gasteiger partial charge is 0.460 e. The lowest BCUT2D eigenvalue weighted by Gasteiger charge is -2.20. The van der Waals surface area contributed by atoms with E-state index in [9.17, 15) is 9.36 Å². The van der Waals surface area contributed by atoms with Crippen molar-refractivity contribution in [2.45, 2.75) is 45.3 Å². The van der Waals surface area contributed by atoms with Crippen LogP contribution >= 0.6 is 7.82 Å². The molecule has 0 bridgehead atoms. The maximum absolute atomic E-state index is 11.6. The van der Waals surface area contributed by atoms with E-state index >= 15 is 0 Å². The van der Waals surface area contributed by atoms with Gasteiger partial charge in [0.25, 0.3) is 0 Å². The Kier molecular flexibility index (Phi) is 7.05. The second kappa shape index (κ2) is 8.29. The Morgan fingerprint density at radius 1 is 1.19 bits per heavy atom. The van der Waals surface area contributed by atoms with E-state index in [2.05, 4.69) is 4.52 Å². The standard InChI is InChI=1S/C14H21O6P/c1-11(12(2)20-21(16,17)18)19-14(15)10-6-9-13-7-4-3-5-8-13/h3-5,7-8,11-12H,6,9-10H2,1-2H3,(H2,16,17,18). The zero-order valence-corrected chi connectivity index (χ0v) is 13.0. The SMILES string of the molecule is CC(OC(=O)CCCc1ccccc1)C(C)OP(=O)(O)O. The van der Waals surface area contributed by atoms with Gasteiger partial charge in [-0.2, -0.15) is 0 Å². The first-order valence-electron chi connectivity index (χ1n) is 6.75. The molecule has 2 atom stereocenters. The highest BCUT2D eigenvalue weighted by Crippen LogP contribution is 2.38. The largest absolute Gasteiger partial charge is 0.469 e. The van der Waals surface area contributed by atoms with Gasteiger partial charge in [-0.05, 0) is 32.3 Å². The van der Waals surface area contributed by atoms with Crippen LogP contribution in [-0.4, -0.2) is 28.0 Å². The topological polar surface area (TPSA) is 93.1 Å². The van der Waals surface area contributed by atoms with Crippen molar-refractivity contribution in [3.05, 3.63) is 35.9 Å². The molecule has 0 amide bonds. The molecule has 0 spiro atoms. The third kappa shape index (κ3) is 7.97. The third-order valence-electron chi connectivity index (χ3n) is 2.97. The highest BCUT2D eigenvalue weighted by Gasteiger charge is 2.25. The van der Waals surface area contributed by atoms with E-state index in [1.807, 2.05) is 30.3 Å². The fourth-order valence-corrected chi connectivity index (χ4v) is 2.35. The van der Waals surface area contributed by atoms with E-state index in [0.717, 1.165) is 12.0 Å². The number of carbonyl (C=O) groups excluding carboxylic acids is 1. The van der Waals surface area contributed by atoms with Gasteiger partial charge in [-0.3, -0.25) is 9.32 Å². The van der Waals surface area contributed by atoms with Crippen molar-refractivity contribution in [1.29, 1.82) is 0 Å². The lowest BCUT2D eigenvalue weighted by Crippen LogP contribution is -2.28. The second-order valence-electron chi connectivity index (χ2n) is 4.84. The average molecular weight is 316 g/mol. The van der Waals surface area contributed by atoms with Crippen molar-refractivity contribution in [3.63, 3.8) is 0 Å². The third-order valence-corrected chi connectivity index (χ3v) is 3.58. The molecule has 1 aromatic rings. The number of hydrogen-bond donors (Lipinski definition) is 2. The minimum atomic E-state index is -4.57. The highest BCUT2D eigenvalue weighted by atomic mass is 31.2. The van der Waals surface area contributed by atoms with Gasteiger partial charge in [0, 0.05) is 6.42 Å². The Balaban J connectivity index is 2.28. The summed E-state index contributed by atoms with van der Waals surface area (Å²) in [6.45, 7) is 2.98. The molecule has 0 aromatic heterocycles. The van der Waals surface area contributed by atoms with E-state index in [1.165, 1.54) is 13.8 Å². The molecule has 2 N–H and O–H groups in total. The van der Waals surface area contributed by atoms with Crippen molar-refractivity contribution in [1.82, 2.24) is 0 Å². The van der Waals surface area contributed by atoms with Crippen LogP contribution in [0.5, 0.6) is 0 Å². The van der Waals surface area contributed by atoms with Crippen molar-refractivity contribution >= 4 is 13.8 Å². The molecule has 6 nitrogen and oxygen atoms in total. The highest BCUT2D eigenvalue weighted by molar-refractivity contribution is 7.46. The summed E-state index contributed by atoms with van der Waals surface area (Å²) < 4.78 is 20.2. The zero-order valence-electron chi connectivity index (χ0n) is 12.1. The lowest BCUT2D eigenvalue weighted by molar-refractivity contribution is -0.152. The fraction of sp³-hybridized carbons (Fsp3) is 0.500. The maximum Gasteiger partial charge on any atom is 0.469 e. The molecule has 0 fully saturated rings. The summed E-state index contributed by atoms with van der Waals surface area (Å²) in [5, 5.41) is 0. The van der Waals surface area contributed by atoms with Gasteiger partial charge in [-0.1, -0.05) is 30.3 Å². The van der Waals surface area contributed by atoms with Crippen LogP contribution in [0.3, 0.4) is 0 Å². The average Bonchev–Trinajstić information content (AvgIpc) is 2.37. The quantitative estimate of drug-likeness (QED) is 0.565. The van der Waals surface area contributed by atoms with Crippen LogP contribution in [0, 0.1) is 0 Å². The maximum atomic E-state index is 11.6. The molecule has 0 saturated heterocycles. The predicted octanol–water partition coefficient (Wildman–Crippen LogP) is 2.44. The number of phosphoric acid groups is 1. The number of phosphoric ester groups is 1. The fourth-order valence-electron chi connectivity index (χ4n) is 1.75. The second-order valence-corrected chi connectivity index (χ2v) is 6.03. The molecule has 1 aromatic carbocycles. The molecule has 1 rings (SSSR count). The molecule has 21 heavy (non-hydrogen) atoms. The van der Waals surface area contributed by atoms with Crippen LogP contribution < -0.4 is 0 Å². The first-order valence-corrected chi connectivity index (χ1v) is 8.28. The van der Waals surface area contributed by atoms with E-state index < -0.39 is 26.0 Å². The molecule has 7 heteroatoms. The minimum Gasteiger partial charge on any atom is -0.460 e. The van der Waals surface area contributed by atoms with Gasteiger partial charge >= 0.3 is 13.8 Å². The van der Waals surface area contributed by atoms with E-state index in [4.69, 9.17) is 14.5 Å². The van der Waals surface area contributed by atoms with E-state index in [1.54, 1.807) is 0 Å². The van der Waals surface area contributed by atoms with Gasteiger partial charge in [0.1, 0.15) is 12.2 Å². The molecule has 0 heterocycles. The van der Waals surface area contributed by atoms with Crippen LogP contribution in [0.25, 0.3) is 0 Å². The van der Waals surface area contributed by atoms with Gasteiger partial charge in [-0.25, -0.2) is 4.57 Å². The Morgan fingerprint density at radius 3 is 2.38 bits per heavy atom. The van der Waals surface area contributed by atoms with Gasteiger partial charge in [-0.15, -0.1) is 0 Å². The van der Waals surface area contributed by atoms with Gasteiger partial charge in [0.05, 0.1) is 0 Å². The summed E-state index contributed by atoms with van der Waals surface area (Å²) in [6, 6.07) is 9.79. The normalized spacial score (nSPS) is 14.5. The molecular weight excluding hydrogens is 295 g/mol. The van der Waals surface area contributed by atoms with Gasteiger partial charge in [0.2, 0.25) is 0 Å². The van der Waals surface area contributed by atoms with E-state index in [-0.39, 0.29) is 6.42 Å². The Bertz CT molecular complexity index is 483. The zero-order chi connectivity index (χ0) is 15.9. The molecule has 0 radical (unpaired) electrons. The summed E-state index contributed by atoms with van der Waals surface area (Å²) in [5.41, 5.74) is 1.15. The number of ether oxygens (including phenoxy) is 1. The molecule has 2 unspecified atom stereocenters. The molecule has 0 aliphatic heterocycles. The summed E-state index contributed by atoms with van der Waals surface area (Å²) in [7, 11) is -4.57. The monoisotopic (exact) mass is 316 g/mol. The van der Waals surface area contributed by atoms with Crippen molar-refractivity contribution in [3.8, 4) is 0 Å². The van der Waals surface area contributed by atoms with Crippen LogP contribution in [-0.2, 0) is 25.0 Å². The summed E-state index contributed by atoms with van der Waals surface area (Å²) >= 11 is 0.